The average Bonchev–Trinajstić information content (AvgIpc) is 3.16. The summed E-state index contributed by atoms with van der Waals surface area (Å²) in [6.07, 6.45) is 2.16. The summed E-state index contributed by atoms with van der Waals surface area (Å²) < 4.78 is 41.5. The van der Waals surface area contributed by atoms with Crippen molar-refractivity contribution in [2.24, 2.45) is 0 Å². The number of aryl methyl sites for hydroxylation is 1. The number of piperidine rings is 1. The van der Waals surface area contributed by atoms with Crippen molar-refractivity contribution in [3.8, 4) is 0 Å². The molecule has 7 nitrogen and oxygen atoms in total. The van der Waals surface area contributed by atoms with Crippen molar-refractivity contribution in [1.29, 1.82) is 0 Å². The maximum Gasteiger partial charge on any atom is 0.282 e. The zero-order valence-electron chi connectivity index (χ0n) is 15.9. The van der Waals surface area contributed by atoms with Gasteiger partial charge in [0.15, 0.2) is 5.79 Å². The predicted octanol–water partition coefficient (Wildman–Crippen LogP) is 1.28. The van der Waals surface area contributed by atoms with Crippen molar-refractivity contribution in [2.45, 2.75) is 38.0 Å². The molecule has 0 aliphatic carbocycles. The standard InChI is InChI=1S/C19H29N3O4S/c1-2-16-3-5-17(6-4-16)18-15-20-9-12-22(18)27(23,24)21-10-7-19(8-11-21)25-13-14-26-19/h3-6,18,20H,2,7-15H2,1H3. The molecule has 1 atom stereocenters. The smallest absolute Gasteiger partial charge is 0.282 e. The van der Waals surface area contributed by atoms with Crippen molar-refractivity contribution < 1.29 is 17.9 Å². The molecule has 0 aromatic heterocycles. The number of hydrogen-bond acceptors (Lipinski definition) is 5. The number of rotatable bonds is 4. The molecule has 8 heteroatoms. The molecule has 3 saturated heterocycles. The second-order valence-corrected chi connectivity index (χ2v) is 9.32. The van der Waals surface area contributed by atoms with Crippen molar-refractivity contribution in [2.75, 3.05) is 45.9 Å². The Kier molecular flexibility index (Phi) is 5.55. The van der Waals surface area contributed by atoms with E-state index in [0.717, 1.165) is 12.0 Å². The first kappa shape index (κ1) is 19.3. The highest BCUT2D eigenvalue weighted by atomic mass is 32.2. The van der Waals surface area contributed by atoms with Gasteiger partial charge in [0.05, 0.1) is 19.3 Å². The summed E-state index contributed by atoms with van der Waals surface area (Å²) in [4.78, 5) is 0. The summed E-state index contributed by atoms with van der Waals surface area (Å²) in [5, 5.41) is 3.34. The Balaban J connectivity index is 1.51. The molecule has 1 unspecified atom stereocenters. The Labute approximate surface area is 161 Å². The Morgan fingerprint density at radius 3 is 2.41 bits per heavy atom. The number of ether oxygens (including phenoxy) is 2. The molecule has 3 heterocycles. The Bertz CT molecular complexity index is 737. The predicted molar refractivity (Wildman–Crippen MR) is 102 cm³/mol. The monoisotopic (exact) mass is 395 g/mol. The third-order valence-corrected chi connectivity index (χ3v) is 7.93. The number of nitrogens with one attached hydrogen (secondary N) is 1. The zero-order valence-corrected chi connectivity index (χ0v) is 16.7. The van der Waals surface area contributed by atoms with E-state index in [1.54, 1.807) is 8.61 Å². The van der Waals surface area contributed by atoms with Crippen LogP contribution in [-0.2, 0) is 26.1 Å². The molecular formula is C19H29N3O4S. The van der Waals surface area contributed by atoms with E-state index in [2.05, 4.69) is 36.5 Å². The summed E-state index contributed by atoms with van der Waals surface area (Å²) in [5.41, 5.74) is 2.30. The highest BCUT2D eigenvalue weighted by Crippen LogP contribution is 2.34. The minimum absolute atomic E-state index is 0.176. The van der Waals surface area contributed by atoms with Gasteiger partial charge in [-0.15, -0.1) is 0 Å². The molecule has 0 saturated carbocycles. The van der Waals surface area contributed by atoms with Gasteiger partial charge in [0.25, 0.3) is 10.2 Å². The van der Waals surface area contributed by atoms with Gasteiger partial charge in [0.2, 0.25) is 0 Å². The van der Waals surface area contributed by atoms with E-state index in [9.17, 15) is 8.42 Å². The topological polar surface area (TPSA) is 71.1 Å². The molecule has 1 aromatic carbocycles. The Morgan fingerprint density at radius 2 is 1.78 bits per heavy atom. The second kappa shape index (κ2) is 7.77. The maximum absolute atomic E-state index is 13.4. The number of piperazine rings is 1. The summed E-state index contributed by atoms with van der Waals surface area (Å²) in [6, 6.07) is 8.13. The van der Waals surface area contributed by atoms with E-state index in [1.165, 1.54) is 5.56 Å². The minimum Gasteiger partial charge on any atom is -0.347 e. The third kappa shape index (κ3) is 3.79. The van der Waals surface area contributed by atoms with Crippen LogP contribution in [0, 0.1) is 0 Å². The number of nitrogens with zero attached hydrogens (tertiary/aromatic N) is 2. The fourth-order valence-electron chi connectivity index (χ4n) is 4.21. The average molecular weight is 396 g/mol. The fraction of sp³-hybridized carbons (Fsp3) is 0.684. The Morgan fingerprint density at radius 1 is 1.11 bits per heavy atom. The molecule has 3 fully saturated rings. The molecule has 1 spiro atoms. The normalized spacial score (nSPS) is 27.2. The number of hydrogen-bond donors (Lipinski definition) is 1. The van der Waals surface area contributed by atoms with Crippen LogP contribution < -0.4 is 5.32 Å². The van der Waals surface area contributed by atoms with Crippen LogP contribution in [0.15, 0.2) is 24.3 Å². The Hall–Kier alpha value is -1.03. The molecular weight excluding hydrogens is 366 g/mol. The molecule has 0 amide bonds. The van der Waals surface area contributed by atoms with E-state index >= 15 is 0 Å². The van der Waals surface area contributed by atoms with E-state index in [0.29, 0.717) is 58.8 Å². The van der Waals surface area contributed by atoms with Crippen LogP contribution in [0.1, 0.15) is 36.9 Å². The van der Waals surface area contributed by atoms with Crippen molar-refractivity contribution in [3.63, 3.8) is 0 Å². The maximum atomic E-state index is 13.4. The first-order chi connectivity index (χ1) is 13.0. The quantitative estimate of drug-likeness (QED) is 0.832. The lowest BCUT2D eigenvalue weighted by Gasteiger charge is -2.42. The number of benzene rings is 1. The van der Waals surface area contributed by atoms with Gasteiger partial charge in [0.1, 0.15) is 0 Å². The zero-order chi connectivity index (χ0) is 18.9. The molecule has 1 aromatic rings. The minimum atomic E-state index is -3.53. The first-order valence-corrected chi connectivity index (χ1v) is 11.3. The first-order valence-electron chi connectivity index (χ1n) is 9.88. The summed E-state index contributed by atoms with van der Waals surface area (Å²) in [7, 11) is -3.53. The highest BCUT2D eigenvalue weighted by molar-refractivity contribution is 7.86. The van der Waals surface area contributed by atoms with Crippen LogP contribution in [0.25, 0.3) is 0 Å². The van der Waals surface area contributed by atoms with Crippen molar-refractivity contribution in [1.82, 2.24) is 13.9 Å². The lowest BCUT2D eigenvalue weighted by Crippen LogP contribution is -2.56. The van der Waals surface area contributed by atoms with Crippen LogP contribution in [0.3, 0.4) is 0 Å². The third-order valence-electron chi connectivity index (χ3n) is 5.89. The molecule has 0 bridgehead atoms. The van der Waals surface area contributed by atoms with Crippen LogP contribution in [0.4, 0.5) is 0 Å². The fourth-order valence-corrected chi connectivity index (χ4v) is 5.99. The van der Waals surface area contributed by atoms with E-state index in [-0.39, 0.29) is 6.04 Å². The van der Waals surface area contributed by atoms with Crippen LogP contribution in [-0.4, -0.2) is 68.8 Å². The molecule has 3 aliphatic rings. The van der Waals surface area contributed by atoms with Gasteiger partial charge in [-0.1, -0.05) is 31.2 Å². The molecule has 27 heavy (non-hydrogen) atoms. The highest BCUT2D eigenvalue weighted by Gasteiger charge is 2.45. The summed E-state index contributed by atoms with van der Waals surface area (Å²) in [6.45, 7) is 5.98. The van der Waals surface area contributed by atoms with Gasteiger partial charge in [-0.2, -0.15) is 17.0 Å². The SMILES string of the molecule is CCc1ccc(C2CNCCN2S(=O)(=O)N2CCC3(CC2)OCCO3)cc1. The molecule has 1 N–H and O–H groups in total. The second-order valence-electron chi connectivity index (χ2n) is 7.44. The molecule has 4 rings (SSSR count). The molecule has 0 radical (unpaired) electrons. The largest absolute Gasteiger partial charge is 0.347 e. The lowest BCUT2D eigenvalue weighted by atomic mass is 10.0. The van der Waals surface area contributed by atoms with Crippen LogP contribution in [0.5, 0.6) is 0 Å². The van der Waals surface area contributed by atoms with Crippen molar-refractivity contribution in [3.05, 3.63) is 35.4 Å². The molecule has 3 aliphatic heterocycles. The van der Waals surface area contributed by atoms with Gasteiger partial charge in [-0.25, -0.2) is 0 Å². The van der Waals surface area contributed by atoms with Gasteiger partial charge < -0.3 is 14.8 Å². The van der Waals surface area contributed by atoms with Crippen LogP contribution >= 0.6 is 0 Å². The van der Waals surface area contributed by atoms with Crippen LogP contribution in [0.2, 0.25) is 0 Å². The molecule has 150 valence electrons. The van der Waals surface area contributed by atoms with Gasteiger partial charge in [0, 0.05) is 45.6 Å². The van der Waals surface area contributed by atoms with E-state index < -0.39 is 16.0 Å². The van der Waals surface area contributed by atoms with E-state index in [4.69, 9.17) is 9.47 Å². The van der Waals surface area contributed by atoms with Gasteiger partial charge >= 0.3 is 0 Å². The summed E-state index contributed by atoms with van der Waals surface area (Å²) in [5.74, 6) is -0.565. The summed E-state index contributed by atoms with van der Waals surface area (Å²) >= 11 is 0. The van der Waals surface area contributed by atoms with Crippen molar-refractivity contribution >= 4 is 10.2 Å². The van der Waals surface area contributed by atoms with Gasteiger partial charge in [-0.3, -0.25) is 0 Å². The lowest BCUT2D eigenvalue weighted by molar-refractivity contribution is -0.179. The van der Waals surface area contributed by atoms with Gasteiger partial charge in [-0.05, 0) is 17.5 Å². The van der Waals surface area contributed by atoms with E-state index in [1.807, 2.05) is 0 Å².